The molecular weight excluding hydrogens is 242 g/mol. The van der Waals surface area contributed by atoms with E-state index in [0.29, 0.717) is 30.1 Å². The van der Waals surface area contributed by atoms with Crippen molar-refractivity contribution >= 4 is 17.4 Å². The highest BCUT2D eigenvalue weighted by atomic mass is 35.5. The molecule has 1 rings (SSSR count). The Labute approximate surface area is 106 Å². The highest BCUT2D eigenvalue weighted by Gasteiger charge is 2.16. The lowest BCUT2D eigenvalue weighted by molar-refractivity contribution is 0.0960. The standard InChI is InChI=1S/C11H18ClN3O2/c1-14(2)5-6-15-11(9(12)8-13-15)10(17)4-3-7-16/h8,16H,3-7H2,1-2H3. The van der Waals surface area contributed by atoms with Crippen LogP contribution in [-0.4, -0.2) is 52.8 Å². The molecule has 0 saturated heterocycles. The highest BCUT2D eigenvalue weighted by molar-refractivity contribution is 6.33. The van der Waals surface area contributed by atoms with Gasteiger partial charge in [0, 0.05) is 19.6 Å². The number of carbonyl (C=O) groups excluding carboxylic acids is 1. The lowest BCUT2D eigenvalue weighted by atomic mass is 10.2. The zero-order chi connectivity index (χ0) is 12.8. The summed E-state index contributed by atoms with van der Waals surface area (Å²) in [6.45, 7) is 1.42. The van der Waals surface area contributed by atoms with E-state index in [1.54, 1.807) is 4.68 Å². The number of hydrogen-bond donors (Lipinski definition) is 1. The minimum absolute atomic E-state index is 0.00912. The summed E-state index contributed by atoms with van der Waals surface area (Å²) in [7, 11) is 3.91. The number of ketones is 1. The molecule has 1 aromatic heterocycles. The van der Waals surface area contributed by atoms with E-state index in [0.717, 1.165) is 6.54 Å². The van der Waals surface area contributed by atoms with E-state index in [1.165, 1.54) is 6.20 Å². The summed E-state index contributed by atoms with van der Waals surface area (Å²) < 4.78 is 1.63. The summed E-state index contributed by atoms with van der Waals surface area (Å²) in [5.74, 6) is -0.0692. The Kier molecular flexibility index (Phi) is 5.61. The Morgan fingerprint density at radius 2 is 2.29 bits per heavy atom. The highest BCUT2D eigenvalue weighted by Crippen LogP contribution is 2.17. The molecule has 0 saturated carbocycles. The largest absolute Gasteiger partial charge is 0.396 e. The minimum Gasteiger partial charge on any atom is -0.396 e. The average Bonchev–Trinajstić information content (AvgIpc) is 2.64. The molecule has 0 spiro atoms. The van der Waals surface area contributed by atoms with Gasteiger partial charge >= 0.3 is 0 Å². The van der Waals surface area contributed by atoms with Crippen LogP contribution >= 0.6 is 11.6 Å². The van der Waals surface area contributed by atoms with Crippen LogP contribution in [0, 0.1) is 0 Å². The first-order valence-electron chi connectivity index (χ1n) is 5.56. The van der Waals surface area contributed by atoms with Gasteiger partial charge in [0.15, 0.2) is 5.78 Å². The molecular formula is C11H18ClN3O2. The maximum absolute atomic E-state index is 11.9. The molecule has 0 aliphatic rings. The Bertz CT molecular complexity index is 377. The first kappa shape index (κ1) is 14.2. The Balaban J connectivity index is 2.75. The minimum atomic E-state index is -0.0692. The number of halogens is 1. The Morgan fingerprint density at radius 1 is 1.59 bits per heavy atom. The number of nitrogens with zero attached hydrogens (tertiary/aromatic N) is 3. The Hall–Kier alpha value is -0.910. The first-order chi connectivity index (χ1) is 8.06. The van der Waals surface area contributed by atoms with Crippen LogP contribution in [0.4, 0.5) is 0 Å². The predicted molar refractivity (Wildman–Crippen MR) is 66.4 cm³/mol. The van der Waals surface area contributed by atoms with Gasteiger partial charge in [-0.05, 0) is 20.5 Å². The van der Waals surface area contributed by atoms with E-state index in [-0.39, 0.29) is 12.4 Å². The van der Waals surface area contributed by atoms with Gasteiger partial charge in [-0.3, -0.25) is 9.48 Å². The first-order valence-corrected chi connectivity index (χ1v) is 5.94. The molecule has 0 atom stereocenters. The van der Waals surface area contributed by atoms with Gasteiger partial charge in [-0.1, -0.05) is 11.6 Å². The van der Waals surface area contributed by atoms with Crippen LogP contribution in [0.3, 0.4) is 0 Å². The van der Waals surface area contributed by atoms with Crippen molar-refractivity contribution in [3.63, 3.8) is 0 Å². The molecule has 0 bridgehead atoms. The number of likely N-dealkylation sites (N-methyl/N-ethyl adjacent to an activating group) is 1. The SMILES string of the molecule is CN(C)CCn1ncc(Cl)c1C(=O)CCCO. The van der Waals surface area contributed by atoms with Gasteiger partial charge < -0.3 is 10.0 Å². The molecule has 0 radical (unpaired) electrons. The van der Waals surface area contributed by atoms with Crippen LogP contribution in [0.25, 0.3) is 0 Å². The van der Waals surface area contributed by atoms with Crippen LogP contribution in [0.15, 0.2) is 6.20 Å². The van der Waals surface area contributed by atoms with Crippen molar-refractivity contribution < 1.29 is 9.90 Å². The van der Waals surface area contributed by atoms with Crippen LogP contribution in [0.5, 0.6) is 0 Å². The van der Waals surface area contributed by atoms with Gasteiger partial charge in [0.05, 0.1) is 17.8 Å². The second kappa shape index (κ2) is 6.74. The second-order valence-corrected chi connectivity index (χ2v) is 4.53. The van der Waals surface area contributed by atoms with E-state index < -0.39 is 0 Å². The van der Waals surface area contributed by atoms with Crippen molar-refractivity contribution in [1.29, 1.82) is 0 Å². The van der Waals surface area contributed by atoms with Crippen molar-refractivity contribution in [2.24, 2.45) is 0 Å². The maximum atomic E-state index is 11.9. The molecule has 0 unspecified atom stereocenters. The summed E-state index contributed by atoms with van der Waals surface area (Å²) in [5.41, 5.74) is 0.446. The summed E-state index contributed by atoms with van der Waals surface area (Å²) in [4.78, 5) is 13.9. The molecule has 1 heterocycles. The van der Waals surface area contributed by atoms with Gasteiger partial charge in [0.25, 0.3) is 0 Å². The summed E-state index contributed by atoms with van der Waals surface area (Å²) >= 11 is 5.95. The van der Waals surface area contributed by atoms with E-state index in [1.807, 2.05) is 19.0 Å². The fourth-order valence-corrected chi connectivity index (χ4v) is 1.71. The predicted octanol–water partition coefficient (Wildman–Crippen LogP) is 1.05. The van der Waals surface area contributed by atoms with Crippen LogP contribution in [0.2, 0.25) is 5.02 Å². The fourth-order valence-electron chi connectivity index (χ4n) is 1.46. The van der Waals surface area contributed by atoms with Crippen molar-refractivity contribution in [2.75, 3.05) is 27.2 Å². The number of aromatic nitrogens is 2. The number of aliphatic hydroxyl groups excluding tert-OH is 1. The number of aliphatic hydroxyl groups is 1. The fraction of sp³-hybridized carbons (Fsp3) is 0.636. The lowest BCUT2D eigenvalue weighted by Gasteiger charge is -2.11. The monoisotopic (exact) mass is 259 g/mol. The summed E-state index contributed by atoms with van der Waals surface area (Å²) in [6, 6.07) is 0. The molecule has 0 aliphatic carbocycles. The molecule has 1 aromatic rings. The average molecular weight is 260 g/mol. The number of rotatable bonds is 7. The zero-order valence-electron chi connectivity index (χ0n) is 10.2. The molecule has 0 amide bonds. The number of Topliss-reactive ketones (excluding diaryl/α,β-unsaturated/α-hetero) is 1. The van der Waals surface area contributed by atoms with Gasteiger partial charge in [-0.2, -0.15) is 5.10 Å². The molecule has 0 fully saturated rings. The van der Waals surface area contributed by atoms with E-state index in [4.69, 9.17) is 16.7 Å². The van der Waals surface area contributed by atoms with Crippen LogP contribution in [0.1, 0.15) is 23.3 Å². The molecule has 5 nitrogen and oxygen atoms in total. The topological polar surface area (TPSA) is 58.4 Å². The van der Waals surface area contributed by atoms with E-state index in [2.05, 4.69) is 5.10 Å². The number of carbonyl (C=O) groups is 1. The van der Waals surface area contributed by atoms with Crippen molar-refractivity contribution in [3.05, 3.63) is 16.9 Å². The molecule has 0 aromatic carbocycles. The summed E-state index contributed by atoms with van der Waals surface area (Å²) in [5, 5.41) is 13.2. The van der Waals surface area contributed by atoms with Crippen LogP contribution < -0.4 is 0 Å². The maximum Gasteiger partial charge on any atom is 0.182 e. The molecule has 0 aliphatic heterocycles. The van der Waals surface area contributed by atoms with Crippen LogP contribution in [-0.2, 0) is 6.54 Å². The van der Waals surface area contributed by atoms with Gasteiger partial charge in [-0.15, -0.1) is 0 Å². The third-order valence-electron chi connectivity index (χ3n) is 2.38. The summed E-state index contributed by atoms with van der Waals surface area (Å²) in [6.07, 6.45) is 2.24. The molecule has 17 heavy (non-hydrogen) atoms. The zero-order valence-corrected chi connectivity index (χ0v) is 10.9. The molecule has 6 heteroatoms. The van der Waals surface area contributed by atoms with Crippen molar-refractivity contribution in [2.45, 2.75) is 19.4 Å². The van der Waals surface area contributed by atoms with Gasteiger partial charge in [0.2, 0.25) is 0 Å². The Morgan fingerprint density at radius 3 is 2.88 bits per heavy atom. The van der Waals surface area contributed by atoms with Gasteiger partial charge in [0.1, 0.15) is 5.69 Å². The van der Waals surface area contributed by atoms with E-state index in [9.17, 15) is 4.79 Å². The lowest BCUT2D eigenvalue weighted by Crippen LogP contribution is -2.21. The smallest absolute Gasteiger partial charge is 0.182 e. The van der Waals surface area contributed by atoms with E-state index >= 15 is 0 Å². The molecule has 96 valence electrons. The normalized spacial score (nSPS) is 11.1. The van der Waals surface area contributed by atoms with Crippen molar-refractivity contribution in [3.8, 4) is 0 Å². The van der Waals surface area contributed by atoms with Crippen molar-refractivity contribution in [1.82, 2.24) is 14.7 Å². The third-order valence-corrected chi connectivity index (χ3v) is 2.66. The third kappa shape index (κ3) is 4.11. The second-order valence-electron chi connectivity index (χ2n) is 4.12. The molecule has 1 N–H and O–H groups in total. The number of hydrogen-bond acceptors (Lipinski definition) is 4. The quantitative estimate of drug-likeness (QED) is 0.744. The van der Waals surface area contributed by atoms with Gasteiger partial charge in [-0.25, -0.2) is 0 Å².